The number of phenols is 1. The summed E-state index contributed by atoms with van der Waals surface area (Å²) in [5.41, 5.74) is 0.316. The highest BCUT2D eigenvalue weighted by Crippen LogP contribution is 2.19. The molecule has 2 aromatic rings. The molecule has 18 heavy (non-hydrogen) atoms. The average molecular weight is 249 g/mol. The summed E-state index contributed by atoms with van der Waals surface area (Å²) < 4.78 is 14.7. The number of hydrogen-bond donors (Lipinski definition) is 2. The Hall–Kier alpha value is -2.37. The maximum Gasteiger partial charge on any atom is 0.226 e. The number of aromatic nitrogens is 2. The van der Waals surface area contributed by atoms with E-state index in [-0.39, 0.29) is 12.3 Å². The molecule has 1 amide bonds. The molecule has 0 radical (unpaired) electrons. The second-order valence-corrected chi connectivity index (χ2v) is 3.73. The molecule has 0 aliphatic rings. The number of phenolic OH excluding ortho intramolecular Hbond substituents is 1. The Morgan fingerprint density at radius 1 is 1.50 bits per heavy atom. The minimum atomic E-state index is -0.764. The highest BCUT2D eigenvalue weighted by molar-refractivity contribution is 5.90. The van der Waals surface area contributed by atoms with Gasteiger partial charge in [-0.25, -0.2) is 4.39 Å². The summed E-state index contributed by atoms with van der Waals surface area (Å²) in [4.78, 5) is 11.6. The summed E-state index contributed by atoms with van der Waals surface area (Å²) in [5.74, 6) is -1.44. The zero-order valence-corrected chi connectivity index (χ0v) is 9.51. The fraction of sp³-hybridized carbons (Fsp3) is 0.167. The zero-order chi connectivity index (χ0) is 13.0. The number of nitrogens with one attached hydrogen (secondary N) is 1. The summed E-state index contributed by atoms with van der Waals surface area (Å²) in [6.45, 7) is 0.458. The van der Waals surface area contributed by atoms with Gasteiger partial charge in [-0.3, -0.25) is 9.48 Å². The highest BCUT2D eigenvalue weighted by atomic mass is 19.1. The largest absolute Gasteiger partial charge is 0.505 e. The van der Waals surface area contributed by atoms with E-state index in [4.69, 9.17) is 5.11 Å². The monoisotopic (exact) mass is 249 g/mol. The number of amides is 1. The van der Waals surface area contributed by atoms with Crippen LogP contribution in [0.4, 0.5) is 10.1 Å². The second-order valence-electron chi connectivity index (χ2n) is 3.73. The molecular weight excluding hydrogens is 237 g/mol. The van der Waals surface area contributed by atoms with Crippen molar-refractivity contribution in [1.29, 1.82) is 0 Å². The van der Waals surface area contributed by atoms with Crippen molar-refractivity contribution >= 4 is 11.6 Å². The number of aryl methyl sites for hydroxylation is 1. The summed E-state index contributed by atoms with van der Waals surface area (Å²) in [7, 11) is 0. The standard InChI is InChI=1S/C12H12FN3O2/c13-10-8-9(2-3-11(10)17)15-12(18)4-7-16-6-1-5-14-16/h1-3,5-6,8,17H,4,7H2,(H,15,18). The average Bonchev–Trinajstić information content (AvgIpc) is 2.84. The maximum absolute atomic E-state index is 13.0. The van der Waals surface area contributed by atoms with Crippen molar-refractivity contribution < 1.29 is 14.3 Å². The minimum Gasteiger partial charge on any atom is -0.505 e. The van der Waals surface area contributed by atoms with Gasteiger partial charge >= 0.3 is 0 Å². The third-order valence-corrected chi connectivity index (χ3v) is 2.36. The second kappa shape index (κ2) is 5.31. The first kappa shape index (κ1) is 12.1. The Balaban J connectivity index is 1.88. The molecule has 0 aliphatic carbocycles. The number of benzene rings is 1. The van der Waals surface area contributed by atoms with Crippen LogP contribution < -0.4 is 5.32 Å². The number of anilines is 1. The molecule has 0 fully saturated rings. The number of halogens is 1. The number of carbonyl (C=O) groups is 1. The van der Waals surface area contributed by atoms with Gasteiger partial charge in [-0.1, -0.05) is 0 Å². The van der Waals surface area contributed by atoms with Crippen LogP contribution in [-0.2, 0) is 11.3 Å². The molecule has 1 aromatic heterocycles. The molecule has 5 nitrogen and oxygen atoms in total. The third-order valence-electron chi connectivity index (χ3n) is 2.36. The Morgan fingerprint density at radius 2 is 2.33 bits per heavy atom. The van der Waals surface area contributed by atoms with Gasteiger partial charge < -0.3 is 10.4 Å². The molecule has 0 bridgehead atoms. The summed E-state index contributed by atoms with van der Waals surface area (Å²) in [5, 5.41) is 15.5. The van der Waals surface area contributed by atoms with Gasteiger partial charge in [0.05, 0.1) is 0 Å². The maximum atomic E-state index is 13.0. The molecule has 0 atom stereocenters. The smallest absolute Gasteiger partial charge is 0.226 e. The van der Waals surface area contributed by atoms with Crippen molar-refractivity contribution in [3.63, 3.8) is 0 Å². The van der Waals surface area contributed by atoms with E-state index in [0.29, 0.717) is 12.2 Å². The Bertz CT molecular complexity index is 540. The first-order valence-electron chi connectivity index (χ1n) is 5.41. The van der Waals surface area contributed by atoms with Crippen molar-refractivity contribution in [3.8, 4) is 5.75 Å². The predicted molar refractivity (Wildman–Crippen MR) is 63.5 cm³/mol. The Labute approximate surface area is 103 Å². The van der Waals surface area contributed by atoms with Crippen molar-refractivity contribution in [2.24, 2.45) is 0 Å². The zero-order valence-electron chi connectivity index (χ0n) is 9.51. The molecule has 0 spiro atoms. The molecule has 0 saturated heterocycles. The molecule has 6 heteroatoms. The van der Waals surface area contributed by atoms with Crippen LogP contribution in [0.1, 0.15) is 6.42 Å². The van der Waals surface area contributed by atoms with E-state index in [2.05, 4.69) is 10.4 Å². The topological polar surface area (TPSA) is 67.2 Å². The van der Waals surface area contributed by atoms with Crippen LogP contribution >= 0.6 is 0 Å². The first-order chi connectivity index (χ1) is 8.65. The first-order valence-corrected chi connectivity index (χ1v) is 5.41. The normalized spacial score (nSPS) is 10.3. The van der Waals surface area contributed by atoms with Crippen molar-refractivity contribution in [2.45, 2.75) is 13.0 Å². The van der Waals surface area contributed by atoms with E-state index in [0.717, 1.165) is 6.07 Å². The van der Waals surface area contributed by atoms with Crippen molar-refractivity contribution in [2.75, 3.05) is 5.32 Å². The van der Waals surface area contributed by atoms with Crippen LogP contribution in [0, 0.1) is 5.82 Å². The van der Waals surface area contributed by atoms with E-state index >= 15 is 0 Å². The SMILES string of the molecule is O=C(CCn1cccn1)Nc1ccc(O)c(F)c1. The van der Waals surface area contributed by atoms with Crippen LogP contribution in [0.3, 0.4) is 0 Å². The molecular formula is C12H12FN3O2. The number of rotatable bonds is 4. The van der Waals surface area contributed by atoms with Crippen LogP contribution in [0.15, 0.2) is 36.7 Å². The van der Waals surface area contributed by atoms with E-state index in [1.54, 1.807) is 23.1 Å². The lowest BCUT2D eigenvalue weighted by Gasteiger charge is -2.06. The number of hydrogen-bond acceptors (Lipinski definition) is 3. The van der Waals surface area contributed by atoms with Crippen LogP contribution in [0.2, 0.25) is 0 Å². The van der Waals surface area contributed by atoms with Gasteiger partial charge in [-0.15, -0.1) is 0 Å². The molecule has 0 unspecified atom stereocenters. The van der Waals surface area contributed by atoms with Gasteiger partial charge in [0.1, 0.15) is 0 Å². The summed E-state index contributed by atoms with van der Waals surface area (Å²) in [6, 6.07) is 5.47. The van der Waals surface area contributed by atoms with Crippen LogP contribution in [0.5, 0.6) is 5.75 Å². The predicted octanol–water partition coefficient (Wildman–Crippen LogP) is 1.76. The van der Waals surface area contributed by atoms with E-state index in [1.807, 2.05) is 0 Å². The molecule has 2 rings (SSSR count). The van der Waals surface area contributed by atoms with Gasteiger partial charge in [-0.05, 0) is 18.2 Å². The summed E-state index contributed by atoms with van der Waals surface area (Å²) in [6.07, 6.45) is 3.63. The molecule has 94 valence electrons. The summed E-state index contributed by atoms with van der Waals surface area (Å²) >= 11 is 0. The van der Waals surface area contributed by atoms with Gasteiger partial charge in [0.2, 0.25) is 5.91 Å². The number of aromatic hydroxyl groups is 1. The molecule has 0 saturated carbocycles. The molecule has 1 heterocycles. The van der Waals surface area contributed by atoms with E-state index in [1.165, 1.54) is 12.1 Å². The lowest BCUT2D eigenvalue weighted by Crippen LogP contribution is -2.14. The molecule has 2 N–H and O–H groups in total. The van der Waals surface area contributed by atoms with Gasteiger partial charge in [0, 0.05) is 37.1 Å². The van der Waals surface area contributed by atoms with Gasteiger partial charge in [0.25, 0.3) is 0 Å². The third kappa shape index (κ3) is 3.07. The van der Waals surface area contributed by atoms with Crippen LogP contribution in [-0.4, -0.2) is 20.8 Å². The lowest BCUT2D eigenvalue weighted by molar-refractivity contribution is -0.116. The fourth-order valence-electron chi connectivity index (χ4n) is 1.46. The lowest BCUT2D eigenvalue weighted by atomic mass is 10.2. The van der Waals surface area contributed by atoms with Gasteiger partial charge in [0.15, 0.2) is 11.6 Å². The van der Waals surface area contributed by atoms with Crippen LogP contribution in [0.25, 0.3) is 0 Å². The minimum absolute atomic E-state index is 0.240. The number of carbonyl (C=O) groups excluding carboxylic acids is 1. The van der Waals surface area contributed by atoms with E-state index < -0.39 is 11.6 Å². The molecule has 1 aromatic carbocycles. The van der Waals surface area contributed by atoms with Crippen molar-refractivity contribution in [1.82, 2.24) is 9.78 Å². The molecule has 0 aliphatic heterocycles. The van der Waals surface area contributed by atoms with Gasteiger partial charge in [-0.2, -0.15) is 5.10 Å². The number of nitrogens with zero attached hydrogens (tertiary/aromatic N) is 2. The van der Waals surface area contributed by atoms with E-state index in [9.17, 15) is 9.18 Å². The van der Waals surface area contributed by atoms with Crippen molar-refractivity contribution in [3.05, 3.63) is 42.5 Å². The highest BCUT2D eigenvalue weighted by Gasteiger charge is 2.06. The Kier molecular flexibility index (Phi) is 3.57. The Morgan fingerprint density at radius 3 is 3.00 bits per heavy atom. The quantitative estimate of drug-likeness (QED) is 0.811. The fourth-order valence-corrected chi connectivity index (χ4v) is 1.46.